The molecule has 8 heteroatoms. The van der Waals surface area contributed by atoms with Gasteiger partial charge in [0.05, 0.1) is 12.5 Å². The van der Waals surface area contributed by atoms with Crippen molar-refractivity contribution in [3.63, 3.8) is 0 Å². The zero-order chi connectivity index (χ0) is 19.9. The van der Waals surface area contributed by atoms with Crippen LogP contribution in [0.15, 0.2) is 24.3 Å². The number of likely N-dealkylation sites (tertiary alicyclic amines) is 1. The average molecular weight is 395 g/mol. The van der Waals surface area contributed by atoms with Gasteiger partial charge < -0.3 is 20.3 Å². The minimum Gasteiger partial charge on any atom is -0.435 e. The van der Waals surface area contributed by atoms with Crippen molar-refractivity contribution in [3.05, 3.63) is 29.8 Å². The number of carbonyl (C=O) groups is 2. The van der Waals surface area contributed by atoms with E-state index in [4.69, 9.17) is 0 Å². The predicted molar refractivity (Wildman–Crippen MR) is 100 cm³/mol. The van der Waals surface area contributed by atoms with Crippen molar-refractivity contribution in [2.45, 2.75) is 44.8 Å². The van der Waals surface area contributed by atoms with Crippen LogP contribution in [0.25, 0.3) is 0 Å². The molecule has 2 unspecified atom stereocenters. The maximum absolute atomic E-state index is 12.6. The number of piperidine rings is 1. The summed E-state index contributed by atoms with van der Waals surface area (Å²) in [6, 6.07) is 6.07. The van der Waals surface area contributed by atoms with E-state index >= 15 is 0 Å². The lowest BCUT2D eigenvalue weighted by molar-refractivity contribution is -0.132. The maximum atomic E-state index is 12.6. The summed E-state index contributed by atoms with van der Waals surface area (Å²) >= 11 is 0. The van der Waals surface area contributed by atoms with Gasteiger partial charge in [0.2, 0.25) is 11.8 Å². The van der Waals surface area contributed by atoms with Gasteiger partial charge in [-0.2, -0.15) is 8.78 Å². The molecule has 0 bridgehead atoms. The molecule has 154 valence electrons. The summed E-state index contributed by atoms with van der Waals surface area (Å²) < 4.78 is 28.7. The Hall–Kier alpha value is -2.22. The lowest BCUT2D eigenvalue weighted by Gasteiger charge is -2.33. The molecule has 2 N–H and O–H groups in total. The van der Waals surface area contributed by atoms with Gasteiger partial charge in [-0.1, -0.05) is 12.1 Å². The first-order valence-electron chi connectivity index (χ1n) is 9.84. The molecule has 0 aromatic heterocycles. The van der Waals surface area contributed by atoms with Crippen LogP contribution >= 0.6 is 0 Å². The van der Waals surface area contributed by atoms with E-state index in [0.29, 0.717) is 19.6 Å². The van der Waals surface area contributed by atoms with Gasteiger partial charge in [0, 0.05) is 19.6 Å². The zero-order valence-electron chi connectivity index (χ0n) is 15.8. The fourth-order valence-electron chi connectivity index (χ4n) is 3.81. The van der Waals surface area contributed by atoms with Crippen molar-refractivity contribution in [1.29, 1.82) is 0 Å². The van der Waals surface area contributed by atoms with Crippen molar-refractivity contribution in [2.75, 3.05) is 26.2 Å². The molecule has 2 aliphatic rings. The molecule has 0 saturated carbocycles. The van der Waals surface area contributed by atoms with Crippen LogP contribution in [-0.4, -0.2) is 55.5 Å². The van der Waals surface area contributed by atoms with E-state index in [9.17, 15) is 18.4 Å². The Kier molecular flexibility index (Phi) is 7.19. The summed E-state index contributed by atoms with van der Waals surface area (Å²) in [5, 5.41) is 6.20. The first-order chi connectivity index (χ1) is 13.5. The average Bonchev–Trinajstić information content (AvgIpc) is 3.22. The molecule has 0 aliphatic carbocycles. The molecule has 6 nitrogen and oxygen atoms in total. The minimum atomic E-state index is -2.86. The molecule has 0 radical (unpaired) electrons. The van der Waals surface area contributed by atoms with E-state index in [1.165, 1.54) is 12.1 Å². The number of hydrogen-bond donors (Lipinski definition) is 2. The molecule has 2 atom stereocenters. The summed E-state index contributed by atoms with van der Waals surface area (Å²) in [6.45, 7) is -0.0498. The highest BCUT2D eigenvalue weighted by molar-refractivity contribution is 5.82. The second-order valence-corrected chi connectivity index (χ2v) is 7.44. The van der Waals surface area contributed by atoms with Gasteiger partial charge in [-0.15, -0.1) is 0 Å². The molecule has 3 rings (SSSR count). The molecular weight excluding hydrogens is 368 g/mol. The number of benzene rings is 1. The number of halogens is 2. The first kappa shape index (κ1) is 20.5. The second-order valence-electron chi connectivity index (χ2n) is 7.44. The molecule has 2 aliphatic heterocycles. The van der Waals surface area contributed by atoms with Crippen LogP contribution in [0.3, 0.4) is 0 Å². The van der Waals surface area contributed by atoms with E-state index in [0.717, 1.165) is 37.8 Å². The summed E-state index contributed by atoms with van der Waals surface area (Å²) in [4.78, 5) is 26.6. The van der Waals surface area contributed by atoms with Gasteiger partial charge in [0.15, 0.2) is 0 Å². The fraction of sp³-hybridized carbons (Fsp3) is 0.600. The molecular formula is C20H27F2N3O3. The predicted octanol–water partition coefficient (Wildman–Crippen LogP) is 1.94. The number of nitrogens with one attached hydrogen (secondary N) is 2. The Morgan fingerprint density at radius 2 is 2.00 bits per heavy atom. The number of hydrogen-bond acceptors (Lipinski definition) is 4. The summed E-state index contributed by atoms with van der Waals surface area (Å²) in [5.41, 5.74) is 0.759. The van der Waals surface area contributed by atoms with E-state index < -0.39 is 6.61 Å². The SMILES string of the molecule is O=C(NCC1CCCN(C(=O)Cc2ccc(OC(F)F)cc2)C1)C1CCCN1. The summed E-state index contributed by atoms with van der Waals surface area (Å²) in [6.07, 6.45) is 4.03. The quantitative estimate of drug-likeness (QED) is 0.740. The third kappa shape index (κ3) is 5.89. The standard InChI is InChI=1S/C20H27F2N3O3/c21-20(22)28-16-7-5-14(6-8-16)11-18(26)25-10-2-3-15(13-25)12-24-19(27)17-4-1-9-23-17/h5-8,15,17,20,23H,1-4,9-13H2,(H,24,27). The molecule has 2 heterocycles. The largest absolute Gasteiger partial charge is 0.435 e. The monoisotopic (exact) mass is 395 g/mol. The third-order valence-electron chi connectivity index (χ3n) is 5.32. The molecule has 1 aromatic rings. The van der Waals surface area contributed by atoms with E-state index in [1.54, 1.807) is 12.1 Å². The molecule has 2 fully saturated rings. The van der Waals surface area contributed by atoms with Crippen molar-refractivity contribution in [1.82, 2.24) is 15.5 Å². The van der Waals surface area contributed by atoms with E-state index in [-0.39, 0.29) is 35.9 Å². The number of amides is 2. The number of carbonyl (C=O) groups excluding carboxylic acids is 2. The first-order valence-corrected chi connectivity index (χ1v) is 9.84. The number of alkyl halides is 2. The van der Waals surface area contributed by atoms with Gasteiger partial charge >= 0.3 is 6.61 Å². The van der Waals surface area contributed by atoms with E-state index in [2.05, 4.69) is 15.4 Å². The van der Waals surface area contributed by atoms with Crippen LogP contribution in [-0.2, 0) is 16.0 Å². The lowest BCUT2D eigenvalue weighted by Crippen LogP contribution is -2.47. The van der Waals surface area contributed by atoms with Gasteiger partial charge in [-0.3, -0.25) is 9.59 Å². The third-order valence-corrected chi connectivity index (χ3v) is 5.32. The van der Waals surface area contributed by atoms with Crippen molar-refractivity contribution >= 4 is 11.8 Å². The van der Waals surface area contributed by atoms with Crippen LogP contribution < -0.4 is 15.4 Å². The smallest absolute Gasteiger partial charge is 0.387 e. The molecule has 0 spiro atoms. The van der Waals surface area contributed by atoms with Crippen molar-refractivity contribution in [2.24, 2.45) is 5.92 Å². The molecule has 1 aromatic carbocycles. The van der Waals surface area contributed by atoms with Crippen molar-refractivity contribution < 1.29 is 23.1 Å². The molecule has 28 heavy (non-hydrogen) atoms. The zero-order valence-corrected chi connectivity index (χ0v) is 15.8. The Morgan fingerprint density at radius 1 is 1.21 bits per heavy atom. The minimum absolute atomic E-state index is 0.0102. The summed E-state index contributed by atoms with van der Waals surface area (Å²) in [5.74, 6) is 0.393. The Labute approximate surface area is 163 Å². The lowest BCUT2D eigenvalue weighted by atomic mass is 9.97. The highest BCUT2D eigenvalue weighted by Crippen LogP contribution is 2.19. The number of ether oxygens (including phenoxy) is 1. The van der Waals surface area contributed by atoms with Gasteiger partial charge in [0.25, 0.3) is 0 Å². The normalized spacial score (nSPS) is 22.3. The van der Waals surface area contributed by atoms with Crippen LogP contribution in [0.1, 0.15) is 31.2 Å². The molecule has 2 amide bonds. The summed E-state index contributed by atoms with van der Waals surface area (Å²) in [7, 11) is 0. The van der Waals surface area contributed by atoms with Gasteiger partial charge in [-0.25, -0.2) is 0 Å². The Balaban J connectivity index is 1.45. The second kappa shape index (κ2) is 9.82. The number of rotatable bonds is 7. The van der Waals surface area contributed by atoms with Gasteiger partial charge in [0.1, 0.15) is 5.75 Å². The highest BCUT2D eigenvalue weighted by atomic mass is 19.3. The fourth-order valence-corrected chi connectivity index (χ4v) is 3.81. The van der Waals surface area contributed by atoms with Crippen LogP contribution in [0.5, 0.6) is 5.75 Å². The van der Waals surface area contributed by atoms with Crippen molar-refractivity contribution in [3.8, 4) is 5.75 Å². The Bertz CT molecular complexity index is 663. The number of nitrogens with zero attached hydrogens (tertiary/aromatic N) is 1. The van der Waals surface area contributed by atoms with E-state index in [1.807, 2.05) is 4.90 Å². The molecule has 2 saturated heterocycles. The Morgan fingerprint density at radius 3 is 2.68 bits per heavy atom. The van der Waals surface area contributed by atoms with Crippen LogP contribution in [0, 0.1) is 5.92 Å². The highest BCUT2D eigenvalue weighted by Gasteiger charge is 2.26. The van der Waals surface area contributed by atoms with Gasteiger partial charge in [-0.05, 0) is 55.8 Å². The topological polar surface area (TPSA) is 70.7 Å². The maximum Gasteiger partial charge on any atom is 0.387 e. The van der Waals surface area contributed by atoms with Crippen LogP contribution in [0.4, 0.5) is 8.78 Å². The van der Waals surface area contributed by atoms with Crippen LogP contribution in [0.2, 0.25) is 0 Å².